The van der Waals surface area contributed by atoms with Gasteiger partial charge in [0.05, 0.1) is 6.04 Å². The Morgan fingerprint density at radius 3 is 2.50 bits per heavy atom. The molecule has 0 heterocycles. The number of para-hydroxylation sites is 1. The summed E-state index contributed by atoms with van der Waals surface area (Å²) in [5, 5.41) is 5.72. The molecule has 2 amide bonds. The number of benzene rings is 1. The maximum Gasteiger partial charge on any atom is 0.239 e. The van der Waals surface area contributed by atoms with Gasteiger partial charge in [0.2, 0.25) is 11.8 Å². The van der Waals surface area contributed by atoms with E-state index in [2.05, 4.69) is 10.6 Å². The molecule has 0 aliphatic carbocycles. The highest BCUT2D eigenvalue weighted by Gasteiger charge is 2.17. The van der Waals surface area contributed by atoms with Gasteiger partial charge in [-0.15, -0.1) is 0 Å². The lowest BCUT2D eigenvalue weighted by Crippen LogP contribution is -2.49. The van der Waals surface area contributed by atoms with Crippen molar-refractivity contribution in [3.8, 4) is 0 Å². The summed E-state index contributed by atoms with van der Waals surface area (Å²) in [4.78, 5) is 22.5. The normalized spacial score (nSPS) is 13.3. The molecule has 0 unspecified atom stereocenters. The maximum atomic E-state index is 11.7. The van der Waals surface area contributed by atoms with Gasteiger partial charge >= 0.3 is 0 Å². The zero-order chi connectivity index (χ0) is 15.0. The second kappa shape index (κ2) is 8.16. The van der Waals surface area contributed by atoms with Gasteiger partial charge in [0.25, 0.3) is 0 Å². The van der Waals surface area contributed by atoms with E-state index in [1.807, 2.05) is 30.3 Å². The van der Waals surface area contributed by atoms with Gasteiger partial charge in [0.1, 0.15) is 6.04 Å². The fourth-order valence-corrected chi connectivity index (χ4v) is 1.63. The Morgan fingerprint density at radius 2 is 1.90 bits per heavy atom. The number of amides is 2. The van der Waals surface area contributed by atoms with Gasteiger partial charge < -0.3 is 22.1 Å². The Hall–Kier alpha value is -2.08. The molecule has 0 aliphatic heterocycles. The lowest BCUT2D eigenvalue weighted by molar-refractivity contribution is -0.127. The molecular formula is C14H22N4O2. The number of rotatable bonds is 8. The molecule has 2 atom stereocenters. The SMILES string of the molecule is C[C@H](NC(=O)[C@@H](N)CCCNc1ccccc1)C(N)=O. The molecule has 1 aromatic rings. The number of anilines is 1. The molecule has 0 saturated heterocycles. The van der Waals surface area contributed by atoms with Crippen LogP contribution in [0, 0.1) is 0 Å². The topological polar surface area (TPSA) is 110 Å². The summed E-state index contributed by atoms with van der Waals surface area (Å²) in [7, 11) is 0. The van der Waals surface area contributed by atoms with E-state index in [1.54, 1.807) is 0 Å². The molecular weight excluding hydrogens is 256 g/mol. The van der Waals surface area contributed by atoms with Gasteiger partial charge in [0.15, 0.2) is 0 Å². The van der Waals surface area contributed by atoms with Crippen LogP contribution in [0.1, 0.15) is 19.8 Å². The van der Waals surface area contributed by atoms with Crippen molar-refractivity contribution >= 4 is 17.5 Å². The van der Waals surface area contributed by atoms with Crippen LogP contribution in [-0.4, -0.2) is 30.4 Å². The molecule has 0 bridgehead atoms. The summed E-state index contributed by atoms with van der Waals surface area (Å²) in [6, 6.07) is 8.47. The van der Waals surface area contributed by atoms with Gasteiger partial charge in [0, 0.05) is 12.2 Å². The fourth-order valence-electron chi connectivity index (χ4n) is 1.63. The fraction of sp³-hybridized carbons (Fsp3) is 0.429. The number of carbonyl (C=O) groups excluding carboxylic acids is 2. The first-order chi connectivity index (χ1) is 9.50. The number of hydrogen-bond donors (Lipinski definition) is 4. The molecule has 0 fully saturated rings. The monoisotopic (exact) mass is 278 g/mol. The van der Waals surface area contributed by atoms with Gasteiger partial charge in [-0.25, -0.2) is 0 Å². The minimum absolute atomic E-state index is 0.351. The van der Waals surface area contributed by atoms with Crippen molar-refractivity contribution in [2.45, 2.75) is 31.8 Å². The smallest absolute Gasteiger partial charge is 0.239 e. The van der Waals surface area contributed by atoms with E-state index in [9.17, 15) is 9.59 Å². The van der Waals surface area contributed by atoms with Crippen LogP contribution in [0.15, 0.2) is 30.3 Å². The summed E-state index contributed by atoms with van der Waals surface area (Å²) in [6.45, 7) is 2.26. The number of primary amides is 1. The van der Waals surface area contributed by atoms with Crippen molar-refractivity contribution in [1.29, 1.82) is 0 Å². The Kier molecular flexibility index (Phi) is 6.52. The number of hydrogen-bond acceptors (Lipinski definition) is 4. The third-order valence-electron chi connectivity index (χ3n) is 2.92. The van der Waals surface area contributed by atoms with Crippen LogP contribution in [0.2, 0.25) is 0 Å². The quantitative estimate of drug-likeness (QED) is 0.509. The van der Waals surface area contributed by atoms with Crippen molar-refractivity contribution in [3.63, 3.8) is 0 Å². The van der Waals surface area contributed by atoms with Crippen LogP contribution >= 0.6 is 0 Å². The van der Waals surface area contributed by atoms with E-state index < -0.39 is 18.0 Å². The first kappa shape index (κ1) is 16.0. The van der Waals surface area contributed by atoms with Crippen LogP contribution in [-0.2, 0) is 9.59 Å². The Labute approximate surface area is 118 Å². The van der Waals surface area contributed by atoms with E-state index in [1.165, 1.54) is 6.92 Å². The third kappa shape index (κ3) is 5.71. The van der Waals surface area contributed by atoms with Gasteiger partial charge in [-0.1, -0.05) is 18.2 Å². The summed E-state index contributed by atoms with van der Waals surface area (Å²) in [5.41, 5.74) is 11.9. The van der Waals surface area contributed by atoms with Gasteiger partial charge in [-0.2, -0.15) is 0 Å². The molecule has 0 saturated carbocycles. The minimum atomic E-state index is -0.698. The van der Waals surface area contributed by atoms with Crippen molar-refractivity contribution in [2.75, 3.05) is 11.9 Å². The predicted octanol–water partition coefficient (Wildman–Crippen LogP) is 0.196. The van der Waals surface area contributed by atoms with Crippen LogP contribution in [0.4, 0.5) is 5.69 Å². The summed E-state index contributed by atoms with van der Waals surface area (Å²) in [6.07, 6.45) is 1.30. The molecule has 1 rings (SSSR count). The zero-order valence-electron chi connectivity index (χ0n) is 11.6. The van der Waals surface area contributed by atoms with E-state index in [0.717, 1.165) is 18.7 Å². The second-order valence-electron chi connectivity index (χ2n) is 4.67. The molecule has 0 spiro atoms. The van der Waals surface area contributed by atoms with E-state index in [-0.39, 0.29) is 5.91 Å². The highest BCUT2D eigenvalue weighted by atomic mass is 16.2. The summed E-state index contributed by atoms with van der Waals surface area (Å²) >= 11 is 0. The summed E-state index contributed by atoms with van der Waals surface area (Å²) < 4.78 is 0. The van der Waals surface area contributed by atoms with Crippen molar-refractivity contribution in [1.82, 2.24) is 5.32 Å². The lowest BCUT2D eigenvalue weighted by Gasteiger charge is -2.15. The molecule has 0 aromatic heterocycles. The zero-order valence-corrected chi connectivity index (χ0v) is 11.6. The standard InChI is InChI=1S/C14H22N4O2/c1-10(13(16)19)18-14(20)12(15)8-5-9-17-11-6-3-2-4-7-11/h2-4,6-7,10,12,17H,5,8-9,15H2,1H3,(H2,16,19)(H,18,20)/t10-,12-/m0/s1. The Bertz CT molecular complexity index is 436. The van der Waals surface area contributed by atoms with Crippen LogP contribution in [0.3, 0.4) is 0 Å². The highest BCUT2D eigenvalue weighted by Crippen LogP contribution is 2.05. The van der Waals surface area contributed by atoms with Crippen molar-refractivity contribution in [2.24, 2.45) is 11.5 Å². The first-order valence-electron chi connectivity index (χ1n) is 6.65. The third-order valence-corrected chi connectivity index (χ3v) is 2.92. The molecule has 1 aromatic carbocycles. The van der Waals surface area contributed by atoms with E-state index in [4.69, 9.17) is 11.5 Å². The molecule has 6 N–H and O–H groups in total. The second-order valence-corrected chi connectivity index (χ2v) is 4.67. The highest BCUT2D eigenvalue weighted by molar-refractivity contribution is 5.88. The number of nitrogens with one attached hydrogen (secondary N) is 2. The molecule has 0 aliphatic rings. The average molecular weight is 278 g/mol. The Morgan fingerprint density at radius 1 is 1.25 bits per heavy atom. The lowest BCUT2D eigenvalue weighted by atomic mass is 10.1. The largest absolute Gasteiger partial charge is 0.385 e. The molecule has 6 nitrogen and oxygen atoms in total. The maximum absolute atomic E-state index is 11.7. The van der Waals surface area contributed by atoms with Crippen LogP contribution in [0.25, 0.3) is 0 Å². The molecule has 20 heavy (non-hydrogen) atoms. The molecule has 0 radical (unpaired) electrons. The number of nitrogens with two attached hydrogens (primary N) is 2. The van der Waals surface area contributed by atoms with Crippen molar-refractivity contribution < 1.29 is 9.59 Å². The minimum Gasteiger partial charge on any atom is -0.385 e. The van der Waals surface area contributed by atoms with Crippen molar-refractivity contribution in [3.05, 3.63) is 30.3 Å². The van der Waals surface area contributed by atoms with E-state index in [0.29, 0.717) is 6.42 Å². The Balaban J connectivity index is 2.21. The number of carbonyl (C=O) groups is 2. The average Bonchev–Trinajstić information content (AvgIpc) is 2.44. The van der Waals surface area contributed by atoms with E-state index >= 15 is 0 Å². The summed E-state index contributed by atoms with van der Waals surface area (Å²) in [5.74, 6) is -0.924. The first-order valence-corrected chi connectivity index (χ1v) is 6.65. The van der Waals surface area contributed by atoms with Gasteiger partial charge in [-0.3, -0.25) is 9.59 Å². The van der Waals surface area contributed by atoms with Gasteiger partial charge in [-0.05, 0) is 31.9 Å². The molecule has 110 valence electrons. The molecule has 6 heteroatoms. The van der Waals surface area contributed by atoms with Crippen LogP contribution in [0.5, 0.6) is 0 Å². The van der Waals surface area contributed by atoms with Crippen LogP contribution < -0.4 is 22.1 Å². The predicted molar refractivity (Wildman–Crippen MR) is 78.9 cm³/mol.